The normalized spacial score (nSPS) is 15.9. The predicted octanol–water partition coefficient (Wildman–Crippen LogP) is 0.699. The molecule has 1 aliphatic heterocycles. The smallest absolute Gasteiger partial charge is 0.326 e. The first-order chi connectivity index (χ1) is 14.8. The van der Waals surface area contributed by atoms with Crippen LogP contribution in [0, 0.1) is 0 Å². The van der Waals surface area contributed by atoms with Gasteiger partial charge in [0.25, 0.3) is 21.5 Å². The zero-order chi connectivity index (χ0) is 22.2. The Morgan fingerprint density at radius 1 is 1.19 bits per heavy atom. The fourth-order valence-electron chi connectivity index (χ4n) is 3.36. The summed E-state index contributed by atoms with van der Waals surface area (Å²) in [7, 11) is -4.15. The van der Waals surface area contributed by atoms with Gasteiger partial charge in [0.2, 0.25) is 0 Å². The third kappa shape index (κ3) is 3.79. The number of nitrogens with one attached hydrogen (secondary N) is 3. The van der Waals surface area contributed by atoms with E-state index in [0.29, 0.717) is 6.54 Å². The van der Waals surface area contributed by atoms with Gasteiger partial charge in [-0.15, -0.1) is 0 Å². The van der Waals surface area contributed by atoms with Crippen molar-refractivity contribution in [2.75, 3.05) is 17.4 Å². The Labute approximate surface area is 176 Å². The molecule has 2 aromatic carbocycles. The first-order valence-electron chi connectivity index (χ1n) is 9.64. The lowest BCUT2D eigenvalue weighted by atomic mass is 10.2. The van der Waals surface area contributed by atoms with Gasteiger partial charge in [0.05, 0.1) is 28.0 Å². The van der Waals surface area contributed by atoms with E-state index in [-0.39, 0.29) is 33.8 Å². The van der Waals surface area contributed by atoms with E-state index in [4.69, 9.17) is 4.74 Å². The molecule has 1 atom stereocenters. The molecule has 162 valence electrons. The second-order valence-corrected chi connectivity index (χ2v) is 8.88. The average molecular weight is 444 g/mol. The molecule has 10 nitrogen and oxygen atoms in total. The number of ether oxygens (including phenoxy) is 1. The summed E-state index contributed by atoms with van der Waals surface area (Å²) < 4.78 is 33.9. The number of benzene rings is 2. The van der Waals surface area contributed by atoms with Gasteiger partial charge in [-0.3, -0.25) is 18.9 Å². The lowest BCUT2D eigenvalue weighted by Crippen LogP contribution is -2.50. The van der Waals surface area contributed by atoms with Gasteiger partial charge in [0.1, 0.15) is 5.75 Å². The second kappa shape index (κ2) is 7.91. The highest BCUT2D eigenvalue weighted by Gasteiger charge is 2.37. The van der Waals surface area contributed by atoms with Gasteiger partial charge < -0.3 is 15.0 Å². The van der Waals surface area contributed by atoms with Crippen molar-refractivity contribution in [1.29, 1.82) is 0 Å². The zero-order valence-electron chi connectivity index (χ0n) is 16.5. The number of H-pyrrole nitrogens is 2. The van der Waals surface area contributed by atoms with Gasteiger partial charge in [-0.2, -0.15) is 0 Å². The fourth-order valence-corrected chi connectivity index (χ4v) is 4.86. The minimum Gasteiger partial charge on any atom is -0.476 e. The van der Waals surface area contributed by atoms with Gasteiger partial charge in [-0.1, -0.05) is 19.1 Å². The Kier molecular flexibility index (Phi) is 5.27. The molecular weight excluding hydrogens is 424 g/mol. The van der Waals surface area contributed by atoms with Crippen molar-refractivity contribution in [2.24, 2.45) is 0 Å². The molecule has 1 amide bonds. The van der Waals surface area contributed by atoms with Crippen molar-refractivity contribution < 1.29 is 17.9 Å². The first kappa shape index (κ1) is 20.7. The van der Waals surface area contributed by atoms with Crippen molar-refractivity contribution in [3.63, 3.8) is 0 Å². The minimum atomic E-state index is -4.15. The molecule has 4 rings (SSSR count). The van der Waals surface area contributed by atoms with Crippen LogP contribution in [0.2, 0.25) is 0 Å². The number of aromatic nitrogens is 2. The average Bonchev–Trinajstić information content (AvgIpc) is 2.76. The second-order valence-electron chi connectivity index (χ2n) is 7.02. The van der Waals surface area contributed by atoms with Crippen molar-refractivity contribution >= 4 is 32.5 Å². The lowest BCUT2D eigenvalue weighted by molar-refractivity contribution is -0.127. The number of amides is 1. The standard InChI is InChI=1S/C20H20N4O6S/c1-2-9-21-19(26)17-11-24(15-5-3-4-6-16(15)30-17)31(28,29)12-7-8-14-13(10-12)18(25)23-20(27)22-14/h3-8,10,17H,2,9,11H2,1H3,(H,21,26)(H2,22,23,25,27). The number of carbonyl (C=O) groups excluding carboxylic acids is 1. The molecule has 31 heavy (non-hydrogen) atoms. The van der Waals surface area contributed by atoms with E-state index < -0.39 is 33.3 Å². The van der Waals surface area contributed by atoms with Crippen molar-refractivity contribution in [3.05, 3.63) is 63.3 Å². The summed E-state index contributed by atoms with van der Waals surface area (Å²) in [5, 5.41) is 2.74. The van der Waals surface area contributed by atoms with Crippen LogP contribution in [0.1, 0.15) is 13.3 Å². The van der Waals surface area contributed by atoms with Crippen molar-refractivity contribution in [1.82, 2.24) is 15.3 Å². The minimum absolute atomic E-state index is 0.0273. The Morgan fingerprint density at radius 3 is 2.74 bits per heavy atom. The molecule has 0 aliphatic carbocycles. The summed E-state index contributed by atoms with van der Waals surface area (Å²) >= 11 is 0. The molecule has 3 N–H and O–H groups in total. The van der Waals surface area contributed by atoms with E-state index in [9.17, 15) is 22.8 Å². The molecule has 11 heteroatoms. The SMILES string of the molecule is CCCNC(=O)C1CN(S(=O)(=O)c2ccc3[nH]c(=O)[nH]c(=O)c3c2)c2ccccc2O1. The summed E-state index contributed by atoms with van der Waals surface area (Å²) in [5.74, 6) is -0.152. The number of para-hydroxylation sites is 2. The van der Waals surface area contributed by atoms with Crippen molar-refractivity contribution in [2.45, 2.75) is 24.3 Å². The molecular formula is C20H20N4O6S. The molecule has 0 radical (unpaired) electrons. The number of anilines is 1. The number of hydrogen-bond donors (Lipinski definition) is 3. The number of sulfonamides is 1. The molecule has 0 fully saturated rings. The first-order valence-corrected chi connectivity index (χ1v) is 11.1. The highest BCUT2D eigenvalue weighted by Crippen LogP contribution is 2.37. The van der Waals surface area contributed by atoms with Gasteiger partial charge in [0.15, 0.2) is 6.10 Å². The number of carbonyl (C=O) groups is 1. The van der Waals surface area contributed by atoms with Crippen LogP contribution < -0.4 is 25.6 Å². The molecule has 1 aromatic heterocycles. The van der Waals surface area contributed by atoms with Crippen LogP contribution in [-0.4, -0.2) is 43.5 Å². The van der Waals surface area contributed by atoms with E-state index >= 15 is 0 Å². The topological polar surface area (TPSA) is 141 Å². The number of fused-ring (bicyclic) bond motifs is 2. The van der Waals surface area contributed by atoms with Crippen LogP contribution in [0.4, 0.5) is 5.69 Å². The maximum Gasteiger partial charge on any atom is 0.326 e. The van der Waals surface area contributed by atoms with Crippen LogP contribution in [0.5, 0.6) is 5.75 Å². The third-order valence-electron chi connectivity index (χ3n) is 4.88. The summed E-state index contributed by atoms with van der Waals surface area (Å²) in [6.07, 6.45) is -0.304. The Hall–Kier alpha value is -3.60. The quantitative estimate of drug-likeness (QED) is 0.529. The van der Waals surface area contributed by atoms with E-state index in [1.807, 2.05) is 6.92 Å². The highest BCUT2D eigenvalue weighted by atomic mass is 32.2. The summed E-state index contributed by atoms with van der Waals surface area (Å²) in [4.78, 5) is 40.5. The molecule has 0 saturated carbocycles. The Bertz CT molecular complexity index is 1380. The molecule has 0 bridgehead atoms. The maximum atomic E-state index is 13.5. The largest absolute Gasteiger partial charge is 0.476 e. The van der Waals surface area contributed by atoms with Gasteiger partial charge in [-0.25, -0.2) is 13.2 Å². The molecule has 1 aliphatic rings. The molecule has 2 heterocycles. The van der Waals surface area contributed by atoms with Gasteiger partial charge >= 0.3 is 5.69 Å². The number of rotatable bonds is 5. The zero-order valence-corrected chi connectivity index (χ0v) is 17.4. The monoisotopic (exact) mass is 444 g/mol. The van der Waals surface area contributed by atoms with Crippen LogP contribution in [-0.2, 0) is 14.8 Å². The van der Waals surface area contributed by atoms with Gasteiger partial charge in [0, 0.05) is 6.54 Å². The molecule has 1 unspecified atom stereocenters. The third-order valence-corrected chi connectivity index (χ3v) is 6.65. The van der Waals surface area contributed by atoms with E-state index in [1.54, 1.807) is 24.3 Å². The summed E-state index contributed by atoms with van der Waals surface area (Å²) in [5.41, 5.74) is -0.879. The molecule has 0 spiro atoms. The number of nitrogens with zero attached hydrogens (tertiary/aromatic N) is 1. The fraction of sp³-hybridized carbons (Fsp3) is 0.250. The Morgan fingerprint density at radius 2 is 1.97 bits per heavy atom. The number of aromatic amines is 2. The Balaban J connectivity index is 1.79. The van der Waals surface area contributed by atoms with Crippen LogP contribution in [0.3, 0.4) is 0 Å². The van der Waals surface area contributed by atoms with Crippen molar-refractivity contribution in [3.8, 4) is 5.75 Å². The van der Waals surface area contributed by atoms with Crippen LogP contribution in [0.15, 0.2) is 56.9 Å². The lowest BCUT2D eigenvalue weighted by Gasteiger charge is -2.34. The summed E-state index contributed by atoms with van der Waals surface area (Å²) in [6, 6.07) is 10.4. The van der Waals surface area contributed by atoms with Gasteiger partial charge in [-0.05, 0) is 36.8 Å². The maximum absolute atomic E-state index is 13.5. The van der Waals surface area contributed by atoms with E-state index in [2.05, 4.69) is 15.3 Å². The summed E-state index contributed by atoms with van der Waals surface area (Å²) in [6.45, 7) is 2.12. The molecule has 0 saturated heterocycles. The highest BCUT2D eigenvalue weighted by molar-refractivity contribution is 7.92. The number of hydrogen-bond acceptors (Lipinski definition) is 6. The predicted molar refractivity (Wildman–Crippen MR) is 114 cm³/mol. The molecule has 3 aromatic rings. The van der Waals surface area contributed by atoms with E-state index in [0.717, 1.165) is 10.7 Å². The van der Waals surface area contributed by atoms with Crippen LogP contribution in [0.25, 0.3) is 10.9 Å². The van der Waals surface area contributed by atoms with E-state index in [1.165, 1.54) is 18.2 Å². The van der Waals surface area contributed by atoms with Crippen LogP contribution >= 0.6 is 0 Å².